The third kappa shape index (κ3) is 7.02. The summed E-state index contributed by atoms with van der Waals surface area (Å²) >= 11 is 0. The van der Waals surface area contributed by atoms with Crippen LogP contribution in [0.4, 0.5) is 0 Å². The van der Waals surface area contributed by atoms with E-state index in [0.29, 0.717) is 0 Å². The largest absolute Gasteiger partial charge is 0.100 e. The summed E-state index contributed by atoms with van der Waals surface area (Å²) in [4.78, 5) is 0. The van der Waals surface area contributed by atoms with Crippen molar-refractivity contribution in [2.45, 2.75) is 108 Å². The number of hydrogen-bond donors (Lipinski definition) is 0. The highest BCUT2D eigenvalue weighted by Crippen LogP contribution is 2.67. The minimum atomic E-state index is 0.816. The maximum Gasteiger partial charge on any atom is -0.0241 e. The topological polar surface area (TPSA) is 0 Å². The fraction of sp³-hybridized carbons (Fsp3) is 0.913. The summed E-state index contributed by atoms with van der Waals surface area (Å²) in [6, 6.07) is 0. The zero-order valence-corrected chi connectivity index (χ0v) is 18.3. The minimum Gasteiger partial charge on any atom is -0.100 e. The Kier molecular flexibility index (Phi) is 14.2. The second-order valence-electron chi connectivity index (χ2n) is 7.66. The van der Waals surface area contributed by atoms with Crippen molar-refractivity contribution in [1.82, 2.24) is 0 Å². The molecule has 23 heavy (non-hydrogen) atoms. The molecule has 0 aromatic rings. The summed E-state index contributed by atoms with van der Waals surface area (Å²) in [5.74, 6) is 4.07. The van der Waals surface area contributed by atoms with Crippen LogP contribution in [0.3, 0.4) is 0 Å². The van der Waals surface area contributed by atoms with Crippen LogP contribution in [0.25, 0.3) is 0 Å². The molecule has 0 aromatic heterocycles. The van der Waals surface area contributed by atoms with Crippen LogP contribution in [0.5, 0.6) is 0 Å². The van der Waals surface area contributed by atoms with Gasteiger partial charge in [0.15, 0.2) is 0 Å². The van der Waals surface area contributed by atoms with Crippen LogP contribution in [0.1, 0.15) is 108 Å². The molecule has 0 bridgehead atoms. The average Bonchev–Trinajstić information content (AvgIpc) is 2.47. The van der Waals surface area contributed by atoms with Crippen LogP contribution < -0.4 is 0 Å². The maximum atomic E-state index is 3.56. The second kappa shape index (κ2) is 13.1. The van der Waals surface area contributed by atoms with Gasteiger partial charge in [0.05, 0.1) is 0 Å². The van der Waals surface area contributed by atoms with Crippen molar-refractivity contribution in [2.75, 3.05) is 0 Å². The third-order valence-corrected chi connectivity index (χ3v) is 5.84. The molecule has 140 valence electrons. The van der Waals surface area contributed by atoms with Crippen LogP contribution in [0.2, 0.25) is 0 Å². The van der Waals surface area contributed by atoms with E-state index in [1.165, 1.54) is 44.1 Å². The van der Waals surface area contributed by atoms with E-state index >= 15 is 0 Å². The zero-order chi connectivity index (χ0) is 18.6. The smallest absolute Gasteiger partial charge is 0.0241 e. The molecule has 0 N–H and O–H groups in total. The lowest BCUT2D eigenvalue weighted by Gasteiger charge is -2.65. The SMILES string of the molecule is C=C(C)C.CC.CC.CCCC(C)CC1C(C)C2(CCC2)C1C. The first-order valence-electron chi connectivity index (χ1n) is 10.5. The fourth-order valence-corrected chi connectivity index (χ4v) is 4.56. The van der Waals surface area contributed by atoms with E-state index in [0.717, 1.165) is 29.1 Å². The van der Waals surface area contributed by atoms with Gasteiger partial charge in [-0.15, -0.1) is 6.58 Å². The minimum absolute atomic E-state index is 0.816. The van der Waals surface area contributed by atoms with Crippen LogP contribution in [-0.2, 0) is 0 Å². The van der Waals surface area contributed by atoms with Gasteiger partial charge in [0.25, 0.3) is 0 Å². The van der Waals surface area contributed by atoms with Gasteiger partial charge in [-0.05, 0) is 62.2 Å². The predicted molar refractivity (Wildman–Crippen MR) is 110 cm³/mol. The molecule has 2 aliphatic rings. The number of hydrogen-bond acceptors (Lipinski definition) is 0. The number of rotatable bonds is 4. The Bertz CT molecular complexity index is 268. The molecule has 2 fully saturated rings. The Morgan fingerprint density at radius 1 is 1.04 bits per heavy atom. The third-order valence-electron chi connectivity index (χ3n) is 5.84. The molecule has 0 heterocycles. The Hall–Kier alpha value is -0.260. The summed E-state index contributed by atoms with van der Waals surface area (Å²) in [6.07, 6.45) is 8.87. The van der Waals surface area contributed by atoms with Crippen LogP contribution in [0.15, 0.2) is 12.2 Å². The van der Waals surface area contributed by atoms with E-state index < -0.39 is 0 Å². The molecule has 0 radical (unpaired) electrons. The van der Waals surface area contributed by atoms with Gasteiger partial charge in [-0.3, -0.25) is 0 Å². The van der Waals surface area contributed by atoms with E-state index in [4.69, 9.17) is 0 Å². The van der Waals surface area contributed by atoms with E-state index in [9.17, 15) is 0 Å². The first-order chi connectivity index (χ1) is 10.8. The van der Waals surface area contributed by atoms with Crippen molar-refractivity contribution in [3.8, 4) is 0 Å². The van der Waals surface area contributed by atoms with Crippen molar-refractivity contribution in [1.29, 1.82) is 0 Å². The molecule has 0 amide bonds. The first-order valence-corrected chi connectivity index (χ1v) is 10.5. The highest BCUT2D eigenvalue weighted by molar-refractivity contribution is 5.08. The van der Waals surface area contributed by atoms with Crippen molar-refractivity contribution < 1.29 is 0 Å². The molecule has 0 aliphatic heterocycles. The first kappa shape index (κ1) is 25.0. The Labute approximate surface area is 149 Å². The van der Waals surface area contributed by atoms with Gasteiger partial charge in [-0.2, -0.15) is 0 Å². The van der Waals surface area contributed by atoms with Gasteiger partial charge >= 0.3 is 0 Å². The molecule has 0 aromatic carbocycles. The molecule has 2 saturated carbocycles. The van der Waals surface area contributed by atoms with Crippen molar-refractivity contribution in [2.24, 2.45) is 29.1 Å². The fourth-order valence-electron chi connectivity index (χ4n) is 4.56. The zero-order valence-electron chi connectivity index (χ0n) is 18.3. The molecule has 0 heteroatoms. The average molecular weight is 325 g/mol. The molecule has 0 nitrogen and oxygen atoms in total. The Balaban J connectivity index is 0. The molecule has 0 saturated heterocycles. The van der Waals surface area contributed by atoms with Crippen LogP contribution in [0, 0.1) is 29.1 Å². The highest BCUT2D eigenvalue weighted by atomic mass is 14.6. The van der Waals surface area contributed by atoms with Crippen molar-refractivity contribution in [3.63, 3.8) is 0 Å². The van der Waals surface area contributed by atoms with Crippen molar-refractivity contribution in [3.05, 3.63) is 12.2 Å². The monoisotopic (exact) mass is 324 g/mol. The van der Waals surface area contributed by atoms with E-state index in [-0.39, 0.29) is 0 Å². The highest BCUT2D eigenvalue weighted by Gasteiger charge is 2.59. The predicted octanol–water partition coefficient (Wildman–Crippen LogP) is 8.52. The van der Waals surface area contributed by atoms with Gasteiger partial charge in [0.1, 0.15) is 0 Å². The summed E-state index contributed by atoms with van der Waals surface area (Å²) in [7, 11) is 0. The molecule has 3 atom stereocenters. The summed E-state index contributed by atoms with van der Waals surface area (Å²) in [6.45, 7) is 25.3. The van der Waals surface area contributed by atoms with Crippen LogP contribution >= 0.6 is 0 Å². The van der Waals surface area contributed by atoms with Gasteiger partial charge in [0, 0.05) is 0 Å². The molecular weight excluding hydrogens is 276 g/mol. The van der Waals surface area contributed by atoms with E-state index in [1.807, 2.05) is 41.5 Å². The summed E-state index contributed by atoms with van der Waals surface area (Å²) in [5, 5.41) is 0. The van der Waals surface area contributed by atoms with Crippen molar-refractivity contribution >= 4 is 0 Å². The van der Waals surface area contributed by atoms with Gasteiger partial charge in [-0.25, -0.2) is 0 Å². The molecule has 2 aliphatic carbocycles. The standard InChI is InChI=1S/C15H28.C4H8.2C2H6/c1-5-7-11(2)10-14-12(3)15(13(14)4)8-6-9-15;1-4(2)3;2*1-2/h11-14H,5-10H2,1-4H3;1H2,2-3H3;2*1-2H3. The Morgan fingerprint density at radius 3 is 1.70 bits per heavy atom. The summed E-state index contributed by atoms with van der Waals surface area (Å²) < 4.78 is 0. The lowest BCUT2D eigenvalue weighted by molar-refractivity contribution is -0.165. The lowest BCUT2D eigenvalue weighted by Crippen LogP contribution is -2.58. The molecule has 1 spiro atoms. The second-order valence-corrected chi connectivity index (χ2v) is 7.66. The molecular formula is C23H48. The van der Waals surface area contributed by atoms with Gasteiger partial charge in [-0.1, -0.05) is 80.2 Å². The summed E-state index contributed by atoms with van der Waals surface area (Å²) in [5.41, 5.74) is 1.98. The molecule has 3 unspecified atom stereocenters. The number of allylic oxidation sites excluding steroid dienone is 1. The van der Waals surface area contributed by atoms with Gasteiger partial charge in [0.2, 0.25) is 0 Å². The Morgan fingerprint density at radius 2 is 1.43 bits per heavy atom. The van der Waals surface area contributed by atoms with Gasteiger partial charge < -0.3 is 0 Å². The normalized spacial score (nSPS) is 27.5. The lowest BCUT2D eigenvalue weighted by atomic mass is 9.39. The quantitative estimate of drug-likeness (QED) is 0.454. The van der Waals surface area contributed by atoms with E-state index in [2.05, 4.69) is 34.3 Å². The van der Waals surface area contributed by atoms with Crippen LogP contribution in [-0.4, -0.2) is 0 Å². The van der Waals surface area contributed by atoms with E-state index in [1.54, 1.807) is 0 Å². The maximum absolute atomic E-state index is 3.56. The molecule has 2 rings (SSSR count).